The van der Waals surface area contributed by atoms with Gasteiger partial charge >= 0.3 is 0 Å². The lowest BCUT2D eigenvalue weighted by Gasteiger charge is -2.19. The zero-order chi connectivity index (χ0) is 12.1. The van der Waals surface area contributed by atoms with Gasteiger partial charge in [0.2, 0.25) is 0 Å². The number of ether oxygens (including phenoxy) is 2. The molecule has 1 rings (SSSR count). The monoisotopic (exact) mass is 286 g/mol. The molecule has 0 N–H and O–H groups in total. The third-order valence-electron chi connectivity index (χ3n) is 3.03. The van der Waals surface area contributed by atoms with E-state index in [0.717, 1.165) is 16.8 Å². The van der Waals surface area contributed by atoms with Gasteiger partial charge in [-0.1, -0.05) is 35.8 Å². The minimum absolute atomic E-state index is 0.499. The lowest BCUT2D eigenvalue weighted by Crippen LogP contribution is -2.07. The molecule has 0 aliphatic rings. The Morgan fingerprint density at radius 1 is 1.12 bits per heavy atom. The summed E-state index contributed by atoms with van der Waals surface area (Å²) in [6, 6.07) is 6.12. The first-order valence-electron chi connectivity index (χ1n) is 5.41. The average molecular weight is 287 g/mol. The van der Waals surface area contributed by atoms with Crippen LogP contribution in [0, 0.1) is 5.92 Å². The van der Waals surface area contributed by atoms with Crippen molar-refractivity contribution in [3.8, 4) is 11.5 Å². The Morgan fingerprint density at radius 3 is 2.25 bits per heavy atom. The second kappa shape index (κ2) is 6.14. The summed E-state index contributed by atoms with van der Waals surface area (Å²) in [5.74, 6) is 2.68. The van der Waals surface area contributed by atoms with Crippen molar-refractivity contribution in [1.29, 1.82) is 0 Å². The van der Waals surface area contributed by atoms with Crippen molar-refractivity contribution in [3.05, 3.63) is 23.8 Å². The van der Waals surface area contributed by atoms with Gasteiger partial charge in [-0.3, -0.25) is 0 Å². The number of hydrogen-bond donors (Lipinski definition) is 0. The number of alkyl halides is 1. The van der Waals surface area contributed by atoms with Gasteiger partial charge < -0.3 is 9.47 Å². The number of hydrogen-bond acceptors (Lipinski definition) is 2. The quantitative estimate of drug-likeness (QED) is 0.766. The van der Waals surface area contributed by atoms with Crippen LogP contribution in [0.2, 0.25) is 0 Å². The molecule has 1 aromatic rings. The van der Waals surface area contributed by atoms with Gasteiger partial charge in [-0.05, 0) is 29.5 Å². The number of benzene rings is 1. The van der Waals surface area contributed by atoms with E-state index in [9.17, 15) is 0 Å². The summed E-state index contributed by atoms with van der Waals surface area (Å²) in [5, 5.41) is 1.00. The predicted molar refractivity (Wildman–Crippen MR) is 70.9 cm³/mol. The highest BCUT2D eigenvalue weighted by Gasteiger charge is 2.15. The van der Waals surface area contributed by atoms with Crippen molar-refractivity contribution >= 4 is 15.9 Å². The molecule has 0 saturated carbocycles. The first-order chi connectivity index (χ1) is 7.63. The maximum Gasteiger partial charge on any atom is 0.160 e. The fourth-order valence-electron chi connectivity index (χ4n) is 1.60. The van der Waals surface area contributed by atoms with Crippen molar-refractivity contribution in [2.75, 3.05) is 19.5 Å². The number of halogens is 1. The van der Waals surface area contributed by atoms with Crippen LogP contribution in [0.3, 0.4) is 0 Å². The van der Waals surface area contributed by atoms with Gasteiger partial charge in [0.05, 0.1) is 14.2 Å². The minimum atomic E-state index is 0.499. The van der Waals surface area contributed by atoms with E-state index in [1.807, 2.05) is 6.07 Å². The highest BCUT2D eigenvalue weighted by Crippen LogP contribution is 2.33. The van der Waals surface area contributed by atoms with Crippen LogP contribution in [0.25, 0.3) is 0 Å². The molecule has 2 unspecified atom stereocenters. The molecular weight excluding hydrogens is 268 g/mol. The van der Waals surface area contributed by atoms with E-state index in [-0.39, 0.29) is 0 Å². The molecule has 0 spiro atoms. The molecule has 0 aromatic heterocycles. The summed E-state index contributed by atoms with van der Waals surface area (Å²) in [6.07, 6.45) is 0. The van der Waals surface area contributed by atoms with Crippen LogP contribution in [-0.4, -0.2) is 19.5 Å². The van der Waals surface area contributed by atoms with E-state index in [2.05, 4.69) is 41.9 Å². The molecule has 1 aromatic carbocycles. The topological polar surface area (TPSA) is 18.5 Å². The third kappa shape index (κ3) is 2.91. The SMILES string of the molecule is COc1ccc(C(C)C(C)CBr)cc1OC. The van der Waals surface area contributed by atoms with Crippen LogP contribution in [0.15, 0.2) is 18.2 Å². The van der Waals surface area contributed by atoms with Gasteiger partial charge in [0.15, 0.2) is 11.5 Å². The zero-order valence-corrected chi connectivity index (χ0v) is 11.9. The summed E-state index contributed by atoms with van der Waals surface area (Å²) >= 11 is 3.52. The Hall–Kier alpha value is -0.700. The first-order valence-corrected chi connectivity index (χ1v) is 6.54. The first kappa shape index (κ1) is 13.4. The number of methoxy groups -OCH3 is 2. The van der Waals surface area contributed by atoms with Crippen LogP contribution < -0.4 is 9.47 Å². The van der Waals surface area contributed by atoms with Crippen molar-refractivity contribution in [1.82, 2.24) is 0 Å². The summed E-state index contributed by atoms with van der Waals surface area (Å²) in [6.45, 7) is 4.46. The van der Waals surface area contributed by atoms with Crippen molar-refractivity contribution in [2.24, 2.45) is 5.92 Å². The Balaban J connectivity index is 2.98. The van der Waals surface area contributed by atoms with Crippen LogP contribution >= 0.6 is 15.9 Å². The smallest absolute Gasteiger partial charge is 0.160 e. The molecule has 3 heteroatoms. The highest BCUT2D eigenvalue weighted by atomic mass is 79.9. The van der Waals surface area contributed by atoms with Crippen LogP contribution in [0.4, 0.5) is 0 Å². The Labute approximate surface area is 106 Å². The molecule has 0 fully saturated rings. The Kier molecular flexibility index (Phi) is 5.13. The summed E-state index contributed by atoms with van der Waals surface area (Å²) < 4.78 is 10.5. The third-order valence-corrected chi connectivity index (χ3v) is 4.05. The van der Waals surface area contributed by atoms with E-state index in [1.165, 1.54) is 5.56 Å². The molecular formula is C13H19BrO2. The van der Waals surface area contributed by atoms with Crippen molar-refractivity contribution < 1.29 is 9.47 Å². The van der Waals surface area contributed by atoms with E-state index in [0.29, 0.717) is 11.8 Å². The minimum Gasteiger partial charge on any atom is -0.493 e. The van der Waals surface area contributed by atoms with Gasteiger partial charge in [-0.15, -0.1) is 0 Å². The van der Waals surface area contributed by atoms with Crippen molar-refractivity contribution in [2.45, 2.75) is 19.8 Å². The van der Waals surface area contributed by atoms with Gasteiger partial charge in [-0.2, -0.15) is 0 Å². The highest BCUT2D eigenvalue weighted by molar-refractivity contribution is 9.09. The Morgan fingerprint density at radius 2 is 1.75 bits per heavy atom. The lowest BCUT2D eigenvalue weighted by molar-refractivity contribution is 0.354. The molecule has 2 atom stereocenters. The molecule has 0 bridgehead atoms. The van der Waals surface area contributed by atoms with Gasteiger partial charge in [-0.25, -0.2) is 0 Å². The fourth-order valence-corrected chi connectivity index (χ4v) is 2.16. The molecule has 0 aliphatic heterocycles. The van der Waals surface area contributed by atoms with Crippen LogP contribution in [0.5, 0.6) is 11.5 Å². The summed E-state index contributed by atoms with van der Waals surface area (Å²) in [7, 11) is 3.32. The molecule has 0 amide bonds. The second-order valence-electron chi connectivity index (χ2n) is 4.03. The molecule has 2 nitrogen and oxygen atoms in total. The zero-order valence-electron chi connectivity index (χ0n) is 10.3. The molecule has 0 saturated heterocycles. The lowest BCUT2D eigenvalue weighted by atomic mass is 9.90. The van der Waals surface area contributed by atoms with E-state index in [1.54, 1.807) is 14.2 Å². The molecule has 0 heterocycles. The van der Waals surface area contributed by atoms with E-state index >= 15 is 0 Å². The van der Waals surface area contributed by atoms with Gasteiger partial charge in [0, 0.05) is 5.33 Å². The molecule has 0 aliphatic carbocycles. The fraction of sp³-hybridized carbons (Fsp3) is 0.538. The largest absolute Gasteiger partial charge is 0.493 e. The Bertz CT molecular complexity index is 339. The van der Waals surface area contributed by atoms with Crippen LogP contribution in [0.1, 0.15) is 25.3 Å². The standard InChI is InChI=1S/C13H19BrO2/c1-9(8-14)10(2)11-5-6-12(15-3)13(7-11)16-4/h5-7,9-10H,8H2,1-4H3. The summed E-state index contributed by atoms with van der Waals surface area (Å²) in [4.78, 5) is 0. The molecule has 90 valence electrons. The van der Waals surface area contributed by atoms with E-state index in [4.69, 9.17) is 9.47 Å². The van der Waals surface area contributed by atoms with Crippen LogP contribution in [-0.2, 0) is 0 Å². The average Bonchev–Trinajstić information content (AvgIpc) is 2.35. The predicted octanol–water partition coefficient (Wildman–Crippen LogP) is 3.84. The molecule has 0 radical (unpaired) electrons. The maximum atomic E-state index is 5.30. The van der Waals surface area contributed by atoms with Gasteiger partial charge in [0.25, 0.3) is 0 Å². The second-order valence-corrected chi connectivity index (χ2v) is 4.68. The summed E-state index contributed by atoms with van der Waals surface area (Å²) in [5.41, 5.74) is 1.28. The normalized spacial score (nSPS) is 14.3. The molecule has 16 heavy (non-hydrogen) atoms. The maximum absolute atomic E-state index is 5.30. The number of rotatable bonds is 5. The van der Waals surface area contributed by atoms with Gasteiger partial charge in [0.1, 0.15) is 0 Å². The van der Waals surface area contributed by atoms with Crippen molar-refractivity contribution in [3.63, 3.8) is 0 Å². The van der Waals surface area contributed by atoms with E-state index < -0.39 is 0 Å².